The third-order valence-corrected chi connectivity index (χ3v) is 5.34. The monoisotopic (exact) mass is 384 g/mol. The van der Waals surface area contributed by atoms with E-state index in [4.69, 9.17) is 16.2 Å². The molecule has 1 aliphatic rings. The molecule has 2 aromatic carbocycles. The summed E-state index contributed by atoms with van der Waals surface area (Å²) in [5.41, 5.74) is 14.9. The minimum Gasteiger partial charge on any atom is -0.497 e. The minimum atomic E-state index is -0.326. The van der Waals surface area contributed by atoms with Crippen molar-refractivity contribution in [2.75, 3.05) is 7.11 Å². The van der Waals surface area contributed by atoms with Crippen molar-refractivity contribution in [3.8, 4) is 5.75 Å². The Bertz CT molecular complexity index is 1070. The van der Waals surface area contributed by atoms with Crippen LogP contribution in [0.1, 0.15) is 11.1 Å². The van der Waals surface area contributed by atoms with Gasteiger partial charge in [-0.2, -0.15) is 5.10 Å². The maximum absolute atomic E-state index is 13.7. The second-order valence-corrected chi connectivity index (χ2v) is 7.24. The molecule has 0 aliphatic heterocycles. The van der Waals surface area contributed by atoms with Crippen LogP contribution < -0.4 is 16.2 Å². The zero-order chi connectivity index (χ0) is 19.0. The van der Waals surface area contributed by atoms with Gasteiger partial charge < -0.3 is 21.2 Å². The number of nitrogens with zero attached hydrogens (tertiary/aromatic N) is 3. The second kappa shape index (κ2) is 6.92. The predicted octanol–water partition coefficient (Wildman–Crippen LogP) is 2.41. The number of nitrogens with one attached hydrogen (secondary N) is 1. The van der Waals surface area contributed by atoms with Gasteiger partial charge in [0.15, 0.2) is 5.16 Å². The van der Waals surface area contributed by atoms with E-state index in [0.717, 1.165) is 33.1 Å². The number of ether oxygens (including phenoxy) is 1. The van der Waals surface area contributed by atoms with Crippen LogP contribution in [0, 0.1) is 5.82 Å². The van der Waals surface area contributed by atoms with Gasteiger partial charge in [0.1, 0.15) is 11.6 Å². The number of fused-ring (bicyclic) bond motifs is 2. The number of hydrogen-bond donors (Lipinski definition) is 3. The SMILES string of the molecule is COc1ccc2nc(SC3Cc4ccc(F)cc4/C3=N\N=C(N)N)[nH]c2c1. The van der Waals surface area contributed by atoms with E-state index in [1.54, 1.807) is 13.2 Å². The van der Waals surface area contributed by atoms with Crippen molar-refractivity contribution in [1.82, 2.24) is 9.97 Å². The van der Waals surface area contributed by atoms with Gasteiger partial charge >= 0.3 is 0 Å². The molecule has 0 spiro atoms. The van der Waals surface area contributed by atoms with Crippen LogP contribution in [-0.2, 0) is 6.42 Å². The van der Waals surface area contributed by atoms with E-state index < -0.39 is 0 Å². The first-order valence-electron chi connectivity index (χ1n) is 8.19. The zero-order valence-electron chi connectivity index (χ0n) is 14.4. The van der Waals surface area contributed by atoms with Crippen molar-refractivity contribution in [3.63, 3.8) is 0 Å². The molecular formula is C18H17FN6OS. The summed E-state index contributed by atoms with van der Waals surface area (Å²) in [6.45, 7) is 0. The number of thioether (sulfide) groups is 1. The first-order valence-corrected chi connectivity index (χ1v) is 9.07. The Morgan fingerprint density at radius 2 is 2.15 bits per heavy atom. The smallest absolute Gasteiger partial charge is 0.211 e. The summed E-state index contributed by atoms with van der Waals surface area (Å²) in [4.78, 5) is 7.88. The lowest BCUT2D eigenvalue weighted by atomic mass is 10.1. The molecule has 0 radical (unpaired) electrons. The van der Waals surface area contributed by atoms with Crippen molar-refractivity contribution >= 4 is 34.5 Å². The van der Waals surface area contributed by atoms with E-state index in [2.05, 4.69) is 20.2 Å². The van der Waals surface area contributed by atoms with Crippen LogP contribution in [0.25, 0.3) is 11.0 Å². The number of benzene rings is 2. The van der Waals surface area contributed by atoms with Gasteiger partial charge in [-0.1, -0.05) is 17.8 Å². The molecule has 4 rings (SSSR count). The molecule has 1 unspecified atom stereocenters. The third-order valence-electron chi connectivity index (χ3n) is 4.25. The van der Waals surface area contributed by atoms with Gasteiger partial charge in [0, 0.05) is 11.6 Å². The van der Waals surface area contributed by atoms with Crippen LogP contribution in [0.5, 0.6) is 5.75 Å². The van der Waals surface area contributed by atoms with Gasteiger partial charge in [0.25, 0.3) is 0 Å². The molecule has 1 aromatic heterocycles. The third kappa shape index (κ3) is 3.45. The summed E-state index contributed by atoms with van der Waals surface area (Å²) in [5, 5.41) is 8.58. The average molecular weight is 384 g/mol. The maximum Gasteiger partial charge on any atom is 0.211 e. The van der Waals surface area contributed by atoms with E-state index in [-0.39, 0.29) is 17.0 Å². The van der Waals surface area contributed by atoms with Gasteiger partial charge in [-0.05, 0) is 36.2 Å². The second-order valence-electron chi connectivity index (χ2n) is 6.05. The highest BCUT2D eigenvalue weighted by Crippen LogP contribution is 2.35. The first kappa shape index (κ1) is 17.3. The predicted molar refractivity (Wildman–Crippen MR) is 105 cm³/mol. The van der Waals surface area contributed by atoms with Crippen molar-refractivity contribution in [2.24, 2.45) is 21.7 Å². The number of imidazole rings is 1. The Morgan fingerprint density at radius 3 is 2.93 bits per heavy atom. The van der Waals surface area contributed by atoms with E-state index >= 15 is 0 Å². The Labute approximate surface area is 158 Å². The van der Waals surface area contributed by atoms with Gasteiger partial charge in [-0.15, -0.1) is 5.10 Å². The normalized spacial score (nSPS) is 17.3. The summed E-state index contributed by atoms with van der Waals surface area (Å²) < 4.78 is 19.0. The van der Waals surface area contributed by atoms with Crippen LogP contribution in [0.2, 0.25) is 0 Å². The first-order chi connectivity index (χ1) is 13.0. The number of H-pyrrole nitrogens is 1. The highest BCUT2D eigenvalue weighted by Gasteiger charge is 2.31. The zero-order valence-corrected chi connectivity index (χ0v) is 15.3. The number of aromatic nitrogens is 2. The maximum atomic E-state index is 13.7. The Kier molecular flexibility index (Phi) is 4.44. The van der Waals surface area contributed by atoms with Crippen molar-refractivity contribution in [3.05, 3.63) is 53.3 Å². The molecule has 27 heavy (non-hydrogen) atoms. The van der Waals surface area contributed by atoms with E-state index in [1.807, 2.05) is 18.2 Å². The summed E-state index contributed by atoms with van der Waals surface area (Å²) in [6, 6.07) is 10.3. The molecule has 0 fully saturated rings. The summed E-state index contributed by atoms with van der Waals surface area (Å²) >= 11 is 1.50. The molecular weight excluding hydrogens is 367 g/mol. The summed E-state index contributed by atoms with van der Waals surface area (Å²) in [5.74, 6) is 0.279. The van der Waals surface area contributed by atoms with E-state index in [9.17, 15) is 4.39 Å². The van der Waals surface area contributed by atoms with Crippen LogP contribution in [0.3, 0.4) is 0 Å². The molecule has 138 valence electrons. The highest BCUT2D eigenvalue weighted by molar-refractivity contribution is 8.00. The van der Waals surface area contributed by atoms with Gasteiger partial charge in [0.2, 0.25) is 5.96 Å². The van der Waals surface area contributed by atoms with Gasteiger partial charge in [0.05, 0.1) is 29.1 Å². The van der Waals surface area contributed by atoms with Gasteiger partial charge in [-0.25, -0.2) is 9.37 Å². The Morgan fingerprint density at radius 1 is 1.30 bits per heavy atom. The topological polar surface area (TPSA) is 115 Å². The molecule has 1 heterocycles. The van der Waals surface area contributed by atoms with Crippen molar-refractivity contribution < 1.29 is 9.13 Å². The summed E-state index contributed by atoms with van der Waals surface area (Å²) in [7, 11) is 1.62. The molecule has 5 N–H and O–H groups in total. The number of halogens is 1. The van der Waals surface area contributed by atoms with E-state index in [1.165, 1.54) is 23.9 Å². The van der Waals surface area contributed by atoms with Crippen LogP contribution >= 0.6 is 11.8 Å². The standard InChI is InChI=1S/C18H17FN6OS/c1-26-11-4-5-13-14(8-11)23-18(22-13)27-15-6-9-2-3-10(19)7-12(9)16(15)24-25-17(20)21/h2-5,7-8,15H,6H2,1H3,(H,22,23)(H4,20,21,25)/b24-16+. The highest BCUT2D eigenvalue weighted by atomic mass is 32.2. The summed E-state index contributed by atoms with van der Waals surface area (Å²) in [6.07, 6.45) is 0.680. The molecule has 9 heteroatoms. The van der Waals surface area contributed by atoms with Gasteiger partial charge in [-0.3, -0.25) is 0 Å². The number of nitrogens with two attached hydrogens (primary N) is 2. The largest absolute Gasteiger partial charge is 0.497 e. The molecule has 0 saturated heterocycles. The number of aromatic amines is 1. The Hall–Kier alpha value is -3.07. The molecule has 1 atom stereocenters. The fraction of sp³-hybridized carbons (Fsp3) is 0.167. The lowest BCUT2D eigenvalue weighted by molar-refractivity contribution is 0.415. The molecule has 0 amide bonds. The molecule has 1 aliphatic carbocycles. The lowest BCUT2D eigenvalue weighted by Crippen LogP contribution is -2.22. The van der Waals surface area contributed by atoms with Crippen LogP contribution in [0.4, 0.5) is 4.39 Å². The fourth-order valence-electron chi connectivity index (χ4n) is 3.05. The lowest BCUT2D eigenvalue weighted by Gasteiger charge is -2.07. The average Bonchev–Trinajstić information content (AvgIpc) is 3.19. The molecule has 0 bridgehead atoms. The molecule has 3 aromatic rings. The minimum absolute atomic E-state index is 0.0904. The fourth-order valence-corrected chi connectivity index (χ4v) is 4.18. The number of rotatable bonds is 4. The van der Waals surface area contributed by atoms with Crippen molar-refractivity contribution in [1.29, 1.82) is 0 Å². The number of methoxy groups -OCH3 is 1. The van der Waals surface area contributed by atoms with E-state index in [0.29, 0.717) is 12.1 Å². The molecule has 0 saturated carbocycles. The molecule has 7 nitrogen and oxygen atoms in total. The van der Waals surface area contributed by atoms with Crippen LogP contribution in [0.15, 0.2) is 51.8 Å². The number of guanidine groups is 1. The van der Waals surface area contributed by atoms with Crippen molar-refractivity contribution in [2.45, 2.75) is 16.8 Å². The van der Waals surface area contributed by atoms with Crippen LogP contribution in [-0.4, -0.2) is 34.0 Å². The number of hydrogen-bond acceptors (Lipinski definition) is 5. The Balaban J connectivity index is 1.68. The quantitative estimate of drug-likeness (QED) is 0.363.